The Balaban J connectivity index is 0.000000817. The second-order valence-electron chi connectivity index (χ2n) is 6.71. The molecule has 0 bridgehead atoms. The van der Waals surface area contributed by atoms with Gasteiger partial charge in [0.1, 0.15) is 12.4 Å². The van der Waals surface area contributed by atoms with Gasteiger partial charge in [0.05, 0.1) is 27.4 Å². The summed E-state index contributed by atoms with van der Waals surface area (Å²) in [5.74, 6) is 2.09. The van der Waals surface area contributed by atoms with E-state index in [0.29, 0.717) is 25.6 Å². The van der Waals surface area contributed by atoms with Gasteiger partial charge in [0.15, 0.2) is 11.5 Å². The van der Waals surface area contributed by atoms with Crippen LogP contribution in [0.15, 0.2) is 18.2 Å². The molecular weight excluding hydrogens is 350 g/mol. The summed E-state index contributed by atoms with van der Waals surface area (Å²) in [7, 11) is 3.06. The first kappa shape index (κ1) is 21.0. The highest BCUT2D eigenvalue weighted by molar-refractivity contribution is 5.68. The minimum absolute atomic E-state index is 0.0710. The van der Waals surface area contributed by atoms with Crippen LogP contribution in [-0.2, 0) is 14.3 Å². The van der Waals surface area contributed by atoms with Crippen molar-refractivity contribution in [3.05, 3.63) is 23.8 Å². The molecule has 7 nitrogen and oxygen atoms in total. The highest BCUT2D eigenvalue weighted by atomic mass is 16.6. The fraction of sp³-hybridized carbons (Fsp3) is 0.600. The molecule has 0 saturated carbocycles. The molecule has 1 aromatic carbocycles. The number of benzene rings is 1. The maximum absolute atomic E-state index is 11.8. The van der Waals surface area contributed by atoms with Crippen molar-refractivity contribution in [3.63, 3.8) is 0 Å². The van der Waals surface area contributed by atoms with Gasteiger partial charge in [0, 0.05) is 25.4 Å². The van der Waals surface area contributed by atoms with Gasteiger partial charge in [-0.3, -0.25) is 0 Å². The largest absolute Gasteiger partial charge is 0.493 e. The van der Waals surface area contributed by atoms with Crippen molar-refractivity contribution < 1.29 is 28.5 Å². The number of rotatable bonds is 4. The number of hydrogen-bond donors (Lipinski definition) is 0. The van der Waals surface area contributed by atoms with Crippen molar-refractivity contribution in [2.24, 2.45) is 5.92 Å². The van der Waals surface area contributed by atoms with E-state index in [-0.39, 0.29) is 18.1 Å². The van der Waals surface area contributed by atoms with Crippen molar-refractivity contribution in [3.8, 4) is 11.5 Å². The minimum atomic E-state index is -0.266. The molecule has 3 rings (SSSR count). The molecule has 2 aliphatic rings. The van der Waals surface area contributed by atoms with Crippen LogP contribution in [0.5, 0.6) is 11.5 Å². The first-order valence-electron chi connectivity index (χ1n) is 9.19. The minimum Gasteiger partial charge on any atom is -0.493 e. The number of likely N-dealkylation sites (tertiary alicyclic amines) is 1. The summed E-state index contributed by atoms with van der Waals surface area (Å²) in [5.41, 5.74) is 1.16. The summed E-state index contributed by atoms with van der Waals surface area (Å²) < 4.78 is 21.7. The lowest BCUT2D eigenvalue weighted by Gasteiger charge is -2.19. The fourth-order valence-corrected chi connectivity index (χ4v) is 3.48. The van der Waals surface area contributed by atoms with Crippen LogP contribution >= 0.6 is 0 Å². The highest BCUT2D eigenvalue weighted by Gasteiger charge is 2.34. The van der Waals surface area contributed by atoms with E-state index >= 15 is 0 Å². The molecule has 7 heteroatoms. The number of nitrogens with zero attached hydrogens (tertiary/aromatic N) is 1. The second-order valence-corrected chi connectivity index (χ2v) is 6.71. The summed E-state index contributed by atoms with van der Waals surface area (Å²) >= 11 is 0. The smallest absolute Gasteiger partial charge is 0.409 e. The Morgan fingerprint density at radius 3 is 2.59 bits per heavy atom. The molecule has 0 spiro atoms. The summed E-state index contributed by atoms with van der Waals surface area (Å²) in [6.07, 6.45) is 1.45. The number of carbonyl (C=O) groups is 2. The molecule has 0 radical (unpaired) electrons. The monoisotopic (exact) mass is 379 g/mol. The predicted molar refractivity (Wildman–Crippen MR) is 100 cm³/mol. The van der Waals surface area contributed by atoms with E-state index in [4.69, 9.17) is 23.7 Å². The molecule has 2 heterocycles. The van der Waals surface area contributed by atoms with E-state index in [0.717, 1.165) is 36.4 Å². The van der Waals surface area contributed by atoms with Crippen molar-refractivity contribution in [1.82, 2.24) is 4.90 Å². The lowest BCUT2D eigenvalue weighted by molar-refractivity contribution is -0.106. The van der Waals surface area contributed by atoms with Gasteiger partial charge in [-0.05, 0) is 30.5 Å². The average molecular weight is 379 g/mol. The normalized spacial score (nSPS) is 24.0. The molecule has 1 amide bonds. The zero-order valence-corrected chi connectivity index (χ0v) is 16.5. The van der Waals surface area contributed by atoms with E-state index in [1.165, 1.54) is 14.0 Å². The van der Waals surface area contributed by atoms with Gasteiger partial charge >= 0.3 is 6.09 Å². The number of hydrogen-bond acceptors (Lipinski definition) is 6. The Bertz CT molecular complexity index is 629. The standard InChI is InChI=1S/C18H25NO5.C2H4O/c1-12-9-19(18(20)22-3)10-15(12)13-4-5-16(21-2)17(8-13)24-14-6-7-23-11-14;1-2-3/h4-5,8,12,14-15H,6-7,9-11H2,1-3H3;2H,1H3/t12-,14?,15+;/m0./s1. The topological polar surface area (TPSA) is 74.3 Å². The van der Waals surface area contributed by atoms with Gasteiger partial charge in [-0.15, -0.1) is 0 Å². The molecule has 1 aromatic rings. The number of aldehydes is 1. The summed E-state index contributed by atoms with van der Waals surface area (Å²) in [6.45, 7) is 6.31. The molecule has 27 heavy (non-hydrogen) atoms. The van der Waals surface area contributed by atoms with Gasteiger partial charge in [-0.25, -0.2) is 4.79 Å². The number of amides is 1. The van der Waals surface area contributed by atoms with Crippen LogP contribution in [0.1, 0.15) is 31.7 Å². The lowest BCUT2D eigenvalue weighted by Crippen LogP contribution is -2.28. The van der Waals surface area contributed by atoms with Gasteiger partial charge in [0.25, 0.3) is 0 Å². The van der Waals surface area contributed by atoms with Gasteiger partial charge in [-0.1, -0.05) is 13.0 Å². The molecule has 2 saturated heterocycles. The molecule has 0 aliphatic carbocycles. The Kier molecular flexibility index (Phi) is 7.91. The fourth-order valence-electron chi connectivity index (χ4n) is 3.48. The third-order valence-electron chi connectivity index (χ3n) is 4.84. The maximum atomic E-state index is 11.8. The molecule has 0 N–H and O–H groups in total. The molecule has 2 aliphatic heterocycles. The highest BCUT2D eigenvalue weighted by Crippen LogP contribution is 2.38. The van der Waals surface area contributed by atoms with Crippen molar-refractivity contribution >= 4 is 12.4 Å². The van der Waals surface area contributed by atoms with Crippen molar-refractivity contribution in [2.75, 3.05) is 40.5 Å². The molecule has 1 unspecified atom stereocenters. The van der Waals surface area contributed by atoms with Gasteiger partial charge in [-0.2, -0.15) is 0 Å². The van der Waals surface area contributed by atoms with Crippen LogP contribution in [0.4, 0.5) is 4.79 Å². The Hall–Kier alpha value is -2.28. The van der Waals surface area contributed by atoms with E-state index in [2.05, 4.69) is 13.0 Å². The number of ether oxygens (including phenoxy) is 4. The maximum Gasteiger partial charge on any atom is 0.409 e. The van der Waals surface area contributed by atoms with Crippen LogP contribution in [0.2, 0.25) is 0 Å². The third-order valence-corrected chi connectivity index (χ3v) is 4.84. The average Bonchev–Trinajstić information content (AvgIpc) is 3.31. The van der Waals surface area contributed by atoms with Gasteiger partial charge in [0.2, 0.25) is 0 Å². The lowest BCUT2D eigenvalue weighted by atomic mass is 9.90. The molecule has 0 aromatic heterocycles. The Morgan fingerprint density at radius 2 is 2.00 bits per heavy atom. The Labute approximate surface area is 160 Å². The predicted octanol–water partition coefficient (Wildman–Crippen LogP) is 2.87. The third kappa shape index (κ3) is 5.35. The van der Waals surface area contributed by atoms with Crippen LogP contribution in [-0.4, -0.2) is 63.9 Å². The number of carbonyl (C=O) groups excluding carboxylic acids is 2. The Morgan fingerprint density at radius 1 is 1.26 bits per heavy atom. The van der Waals surface area contributed by atoms with Gasteiger partial charge < -0.3 is 28.6 Å². The summed E-state index contributed by atoms with van der Waals surface area (Å²) in [6, 6.07) is 6.03. The van der Waals surface area contributed by atoms with Crippen LogP contribution in [0.3, 0.4) is 0 Å². The molecular formula is C20H29NO6. The van der Waals surface area contributed by atoms with E-state index < -0.39 is 0 Å². The first-order chi connectivity index (χ1) is 13.0. The first-order valence-corrected chi connectivity index (χ1v) is 9.19. The second kappa shape index (κ2) is 10.2. The SMILES string of the molecule is CC=O.COC(=O)N1C[C@H](C)[C@H](c2ccc(OC)c(OC3CCOC3)c2)C1. The van der Waals surface area contributed by atoms with Crippen LogP contribution < -0.4 is 9.47 Å². The number of methoxy groups -OCH3 is 2. The molecule has 2 fully saturated rings. The zero-order valence-electron chi connectivity index (χ0n) is 16.5. The molecule has 150 valence electrons. The zero-order chi connectivity index (χ0) is 19.8. The van der Waals surface area contributed by atoms with Crippen LogP contribution in [0.25, 0.3) is 0 Å². The van der Waals surface area contributed by atoms with E-state index in [1.807, 2.05) is 12.1 Å². The summed E-state index contributed by atoms with van der Waals surface area (Å²) in [4.78, 5) is 22.3. The van der Waals surface area contributed by atoms with E-state index in [1.54, 1.807) is 12.0 Å². The van der Waals surface area contributed by atoms with Crippen molar-refractivity contribution in [2.45, 2.75) is 32.3 Å². The summed E-state index contributed by atoms with van der Waals surface area (Å²) in [5, 5.41) is 0. The quantitative estimate of drug-likeness (QED) is 0.749. The van der Waals surface area contributed by atoms with E-state index in [9.17, 15) is 4.79 Å². The molecule has 3 atom stereocenters. The van der Waals surface area contributed by atoms with Crippen molar-refractivity contribution in [1.29, 1.82) is 0 Å². The van der Waals surface area contributed by atoms with Crippen LogP contribution in [0, 0.1) is 5.92 Å².